The number of hydrazine groups is 1. The molecule has 4 aliphatic rings. The molecule has 2 aliphatic heterocycles. The van der Waals surface area contributed by atoms with Crippen LogP contribution in [-0.2, 0) is 14.4 Å². The number of allylic oxidation sites excluding steroid dienone is 2. The van der Waals surface area contributed by atoms with Crippen molar-refractivity contribution in [3.63, 3.8) is 0 Å². The maximum absolute atomic E-state index is 12.5. The minimum absolute atomic E-state index is 0.148. The highest BCUT2D eigenvalue weighted by Crippen LogP contribution is 2.53. The summed E-state index contributed by atoms with van der Waals surface area (Å²) >= 11 is 6.27. The molecular weight excluding hydrogens is 284 g/mol. The molecule has 0 unspecified atom stereocenters. The summed E-state index contributed by atoms with van der Waals surface area (Å²) in [5.41, 5.74) is 0. The maximum Gasteiger partial charge on any atom is 0.258 e. The van der Waals surface area contributed by atoms with Gasteiger partial charge in [0.15, 0.2) is 4.32 Å². The highest BCUT2D eigenvalue weighted by atomic mass is 32.2. The van der Waals surface area contributed by atoms with Crippen molar-refractivity contribution in [2.75, 3.05) is 5.75 Å². The van der Waals surface area contributed by atoms with Crippen LogP contribution in [0.25, 0.3) is 0 Å². The Labute approximate surface area is 118 Å². The van der Waals surface area contributed by atoms with E-state index in [4.69, 9.17) is 12.2 Å². The molecule has 3 amide bonds. The van der Waals surface area contributed by atoms with Crippen LogP contribution in [0.2, 0.25) is 0 Å². The first kappa shape index (κ1) is 11.6. The Hall–Kier alpha value is -1.21. The zero-order valence-corrected chi connectivity index (χ0v) is 11.4. The number of thiocarbonyl (C=S) groups is 1. The van der Waals surface area contributed by atoms with Crippen LogP contribution in [0.15, 0.2) is 12.2 Å². The van der Waals surface area contributed by atoms with Crippen LogP contribution >= 0.6 is 24.0 Å². The van der Waals surface area contributed by atoms with Crippen molar-refractivity contribution in [3.8, 4) is 0 Å². The van der Waals surface area contributed by atoms with Gasteiger partial charge in [-0.05, 0) is 18.3 Å². The van der Waals surface area contributed by atoms with Gasteiger partial charge in [-0.25, -0.2) is 0 Å². The highest BCUT2D eigenvalue weighted by Gasteiger charge is 2.61. The van der Waals surface area contributed by atoms with Crippen molar-refractivity contribution in [2.45, 2.75) is 6.42 Å². The van der Waals surface area contributed by atoms with E-state index in [0.717, 1.165) is 16.4 Å². The zero-order valence-electron chi connectivity index (χ0n) is 9.81. The lowest BCUT2D eigenvalue weighted by molar-refractivity contribution is -0.160. The van der Waals surface area contributed by atoms with Gasteiger partial charge in [0.2, 0.25) is 0 Å². The summed E-state index contributed by atoms with van der Waals surface area (Å²) in [7, 11) is 0. The fraction of sp³-hybridized carbons (Fsp3) is 0.500. The average Bonchev–Trinajstić information content (AvgIpc) is 3.10. The molecule has 0 aromatic heterocycles. The first-order valence-electron chi connectivity index (χ1n) is 6.15. The van der Waals surface area contributed by atoms with E-state index in [-0.39, 0.29) is 47.1 Å². The number of nitrogens with zero attached hydrogens (tertiary/aromatic N) is 2. The largest absolute Gasteiger partial charge is 0.272 e. The van der Waals surface area contributed by atoms with E-state index in [1.807, 2.05) is 12.2 Å². The molecule has 0 aromatic rings. The van der Waals surface area contributed by atoms with E-state index in [1.54, 1.807) is 0 Å². The number of rotatable bonds is 1. The molecule has 3 fully saturated rings. The molecule has 0 N–H and O–H groups in total. The van der Waals surface area contributed by atoms with Crippen molar-refractivity contribution >= 4 is 46.0 Å². The molecule has 7 heteroatoms. The molecular formula is C12H10N2O3S2. The second-order valence-corrected chi connectivity index (χ2v) is 6.86. The molecule has 19 heavy (non-hydrogen) atoms. The van der Waals surface area contributed by atoms with Crippen LogP contribution in [0, 0.1) is 23.7 Å². The van der Waals surface area contributed by atoms with Crippen molar-refractivity contribution in [2.24, 2.45) is 23.7 Å². The molecule has 1 saturated carbocycles. The first-order chi connectivity index (χ1) is 9.09. The van der Waals surface area contributed by atoms with Crippen molar-refractivity contribution < 1.29 is 14.4 Å². The molecule has 5 nitrogen and oxygen atoms in total. The molecule has 4 rings (SSSR count). The van der Waals surface area contributed by atoms with Crippen molar-refractivity contribution in [1.29, 1.82) is 0 Å². The Morgan fingerprint density at radius 1 is 1.05 bits per heavy atom. The number of amides is 3. The van der Waals surface area contributed by atoms with Crippen molar-refractivity contribution in [1.82, 2.24) is 10.0 Å². The lowest BCUT2D eigenvalue weighted by Crippen LogP contribution is -2.50. The highest BCUT2D eigenvalue weighted by molar-refractivity contribution is 8.23. The van der Waals surface area contributed by atoms with Gasteiger partial charge in [0.05, 0.1) is 17.6 Å². The Balaban J connectivity index is 1.73. The smallest absolute Gasteiger partial charge is 0.258 e. The number of hydrogen-bond acceptors (Lipinski definition) is 5. The molecule has 2 saturated heterocycles. The summed E-state index contributed by atoms with van der Waals surface area (Å²) in [6, 6.07) is 0. The van der Waals surface area contributed by atoms with Crippen molar-refractivity contribution in [3.05, 3.63) is 12.2 Å². The van der Waals surface area contributed by atoms with Gasteiger partial charge < -0.3 is 0 Å². The number of carbonyl (C=O) groups is 3. The second kappa shape index (κ2) is 3.67. The van der Waals surface area contributed by atoms with E-state index < -0.39 is 0 Å². The van der Waals surface area contributed by atoms with Crippen LogP contribution in [0.1, 0.15) is 6.42 Å². The van der Waals surface area contributed by atoms with Gasteiger partial charge in [-0.1, -0.05) is 36.1 Å². The van der Waals surface area contributed by atoms with E-state index >= 15 is 0 Å². The third-order valence-corrected chi connectivity index (χ3v) is 5.71. The number of thioether (sulfide) groups is 1. The lowest BCUT2D eigenvalue weighted by Gasteiger charge is -2.25. The van der Waals surface area contributed by atoms with E-state index in [9.17, 15) is 14.4 Å². The predicted octanol–water partition coefficient (Wildman–Crippen LogP) is 0.569. The number of hydrogen-bond donors (Lipinski definition) is 0. The van der Waals surface area contributed by atoms with Gasteiger partial charge in [0, 0.05) is 0 Å². The zero-order chi connectivity index (χ0) is 13.3. The SMILES string of the molecule is O=C1CSC(=S)N1N1C(=O)[C@H]2[C@H](C1=O)[C@H]1C=C[C@@H]2C1. The van der Waals surface area contributed by atoms with Crippen LogP contribution in [0.5, 0.6) is 0 Å². The predicted molar refractivity (Wildman–Crippen MR) is 71.5 cm³/mol. The van der Waals surface area contributed by atoms with Gasteiger partial charge in [-0.3, -0.25) is 14.4 Å². The summed E-state index contributed by atoms with van der Waals surface area (Å²) in [4.78, 5) is 36.8. The van der Waals surface area contributed by atoms with Crippen LogP contribution in [-0.4, -0.2) is 37.8 Å². The van der Waals surface area contributed by atoms with Gasteiger partial charge in [-0.15, -0.1) is 0 Å². The Morgan fingerprint density at radius 3 is 2.11 bits per heavy atom. The first-order valence-corrected chi connectivity index (χ1v) is 7.54. The number of imide groups is 1. The number of fused-ring (bicyclic) bond motifs is 5. The van der Waals surface area contributed by atoms with Crippen LogP contribution in [0.3, 0.4) is 0 Å². The van der Waals surface area contributed by atoms with Crippen LogP contribution < -0.4 is 0 Å². The minimum atomic E-state index is -0.288. The summed E-state index contributed by atoms with van der Waals surface area (Å²) < 4.78 is 0.298. The Morgan fingerprint density at radius 2 is 1.63 bits per heavy atom. The third-order valence-electron chi connectivity index (χ3n) is 4.38. The molecule has 0 spiro atoms. The van der Waals surface area contributed by atoms with E-state index in [1.165, 1.54) is 11.8 Å². The van der Waals surface area contributed by atoms with Gasteiger partial charge in [0.25, 0.3) is 17.7 Å². The Bertz CT molecular complexity index is 527. The quantitative estimate of drug-likeness (QED) is 0.402. The van der Waals surface area contributed by atoms with Gasteiger partial charge in [0.1, 0.15) is 0 Å². The average molecular weight is 294 g/mol. The van der Waals surface area contributed by atoms with E-state index in [0.29, 0.717) is 4.32 Å². The molecule has 2 bridgehead atoms. The Kier molecular flexibility index (Phi) is 2.24. The fourth-order valence-electron chi connectivity index (χ4n) is 3.62. The number of carbonyl (C=O) groups excluding carboxylic acids is 3. The monoisotopic (exact) mass is 294 g/mol. The van der Waals surface area contributed by atoms with Crippen LogP contribution in [0.4, 0.5) is 0 Å². The second-order valence-electron chi connectivity index (χ2n) is 5.25. The molecule has 4 atom stereocenters. The summed E-state index contributed by atoms with van der Waals surface area (Å²) in [6.45, 7) is 0. The topological polar surface area (TPSA) is 57.7 Å². The molecule has 0 aromatic carbocycles. The molecule has 2 aliphatic carbocycles. The molecule has 2 heterocycles. The normalized spacial score (nSPS) is 40.0. The standard InChI is InChI=1S/C12H10N2O3S2/c15-7-4-19-12(18)13(7)14-10(16)8-5-1-2-6(3-5)9(8)11(14)17/h1-2,5-6,8-9H,3-4H2/t5-,6+,8-,9-/m1/s1. The lowest BCUT2D eigenvalue weighted by atomic mass is 9.85. The fourth-order valence-corrected chi connectivity index (χ4v) is 4.66. The third kappa shape index (κ3) is 1.32. The summed E-state index contributed by atoms with van der Waals surface area (Å²) in [5, 5.41) is 2.11. The summed E-state index contributed by atoms with van der Waals surface area (Å²) in [6.07, 6.45) is 4.94. The molecule has 98 valence electrons. The van der Waals surface area contributed by atoms with Gasteiger partial charge in [-0.2, -0.15) is 10.0 Å². The van der Waals surface area contributed by atoms with E-state index in [2.05, 4.69) is 0 Å². The maximum atomic E-state index is 12.5. The van der Waals surface area contributed by atoms with Gasteiger partial charge >= 0.3 is 0 Å². The minimum Gasteiger partial charge on any atom is -0.272 e. The molecule has 0 radical (unpaired) electrons. The summed E-state index contributed by atoms with van der Waals surface area (Å²) in [5.74, 6) is -0.874.